The number of aliphatic imine (C=N–C) groups is 1. The number of carbonyl (C=O) groups is 3. The summed E-state index contributed by atoms with van der Waals surface area (Å²) in [6.07, 6.45) is -1.27. The number of benzodiazepines with no additional fused rings is 1. The van der Waals surface area contributed by atoms with E-state index in [0.29, 0.717) is 61.4 Å². The van der Waals surface area contributed by atoms with Crippen molar-refractivity contribution in [2.75, 3.05) is 68.7 Å². The van der Waals surface area contributed by atoms with Gasteiger partial charge in [0.05, 0.1) is 31.7 Å². The Morgan fingerprint density at radius 3 is 2.49 bits per heavy atom. The van der Waals surface area contributed by atoms with E-state index in [1.807, 2.05) is 48.5 Å². The van der Waals surface area contributed by atoms with Gasteiger partial charge in [0.1, 0.15) is 12.3 Å². The molecule has 226 valence electrons. The molecule has 11 nitrogen and oxygen atoms in total. The molecule has 0 spiro atoms. The van der Waals surface area contributed by atoms with Crippen LogP contribution in [0.3, 0.4) is 0 Å². The number of para-hydroxylation sites is 2. The van der Waals surface area contributed by atoms with Crippen LogP contribution in [0.4, 0.5) is 21.9 Å². The summed E-state index contributed by atoms with van der Waals surface area (Å²) in [7, 11) is 3.21. The van der Waals surface area contributed by atoms with Gasteiger partial charge in [-0.15, -0.1) is 12.4 Å². The molecule has 1 atom stereocenters. The number of urea groups is 1. The van der Waals surface area contributed by atoms with Crippen molar-refractivity contribution in [3.63, 3.8) is 0 Å². The lowest BCUT2D eigenvalue weighted by Crippen LogP contribution is -2.51. The second-order valence-corrected chi connectivity index (χ2v) is 9.93. The monoisotopic (exact) mass is 606 g/mol. The zero-order chi connectivity index (χ0) is 29.5. The molecule has 1 fully saturated rings. The van der Waals surface area contributed by atoms with Gasteiger partial charge in [-0.05, 0) is 30.3 Å². The molecule has 0 bridgehead atoms. The lowest BCUT2D eigenvalue weighted by molar-refractivity contribution is -0.123. The number of hydrogen-bond acceptors (Lipinski definition) is 7. The summed E-state index contributed by atoms with van der Waals surface area (Å²) in [5.41, 5.74) is 3.12. The molecule has 0 aliphatic carbocycles. The number of nitrogens with zero attached hydrogens (tertiary/aromatic N) is 4. The summed E-state index contributed by atoms with van der Waals surface area (Å²) in [5, 5.41) is 5.47. The second kappa shape index (κ2) is 14.6. The van der Waals surface area contributed by atoms with Gasteiger partial charge < -0.3 is 25.0 Å². The van der Waals surface area contributed by atoms with Gasteiger partial charge in [-0.1, -0.05) is 42.5 Å². The second-order valence-electron chi connectivity index (χ2n) is 9.93. The maximum absolute atomic E-state index is 14.1. The third-order valence-electron chi connectivity index (χ3n) is 7.17. The Morgan fingerprint density at radius 1 is 1.02 bits per heavy atom. The number of benzene rings is 3. The first-order valence-corrected chi connectivity index (χ1v) is 13.7. The van der Waals surface area contributed by atoms with Crippen LogP contribution < -0.4 is 25.2 Å². The van der Waals surface area contributed by atoms with Gasteiger partial charge in [0.15, 0.2) is 0 Å². The molecule has 1 unspecified atom stereocenters. The molecule has 0 aromatic heterocycles. The minimum atomic E-state index is -1.27. The zero-order valence-electron chi connectivity index (χ0n) is 24.1. The molecule has 3 aromatic rings. The molecule has 1 saturated heterocycles. The Bertz CT molecular complexity index is 1460. The van der Waals surface area contributed by atoms with E-state index < -0.39 is 18.1 Å². The van der Waals surface area contributed by atoms with Crippen LogP contribution in [0.2, 0.25) is 0 Å². The molecule has 4 amide bonds. The Morgan fingerprint density at radius 2 is 1.74 bits per heavy atom. The van der Waals surface area contributed by atoms with Crippen molar-refractivity contribution in [3.05, 3.63) is 84.4 Å². The standard InChI is InChI=1S/C31H34N6O5.ClH/c1-35(23-10-4-3-5-11-23)28(38)21-37-27-14-7-6-13-25(27)26(20-36-15-17-42-18-16-36)33-29(30(37)39)34-31(40)32-22-9-8-12-24(19-22)41-2;/h3-14,19,29H,15-18,20-21H2,1-2H3,(H2,32,34,40);1H. The number of rotatable bonds is 8. The molecule has 0 radical (unpaired) electrons. The van der Waals surface area contributed by atoms with Gasteiger partial charge >= 0.3 is 6.03 Å². The van der Waals surface area contributed by atoms with Gasteiger partial charge in [0.2, 0.25) is 12.1 Å². The van der Waals surface area contributed by atoms with Gasteiger partial charge in [-0.2, -0.15) is 0 Å². The summed E-state index contributed by atoms with van der Waals surface area (Å²) in [4.78, 5) is 50.6. The molecule has 3 aromatic carbocycles. The highest BCUT2D eigenvalue weighted by molar-refractivity contribution is 6.16. The number of likely N-dealkylation sites (N-methyl/N-ethyl adjacent to an activating group) is 1. The molecule has 2 N–H and O–H groups in total. The Balaban J connectivity index is 0.00000423. The van der Waals surface area contributed by atoms with Crippen LogP contribution >= 0.6 is 12.4 Å². The summed E-state index contributed by atoms with van der Waals surface area (Å²) in [5.74, 6) is -0.234. The van der Waals surface area contributed by atoms with E-state index in [1.54, 1.807) is 37.4 Å². The van der Waals surface area contributed by atoms with E-state index in [4.69, 9.17) is 14.5 Å². The Labute approximate surface area is 256 Å². The maximum atomic E-state index is 14.1. The maximum Gasteiger partial charge on any atom is 0.321 e. The number of amides is 4. The van der Waals surface area contributed by atoms with Gasteiger partial charge in [0.25, 0.3) is 5.91 Å². The van der Waals surface area contributed by atoms with Gasteiger partial charge in [0, 0.05) is 49.7 Å². The Kier molecular flexibility index (Phi) is 10.7. The molecule has 0 saturated carbocycles. The van der Waals surface area contributed by atoms with E-state index in [2.05, 4.69) is 15.5 Å². The van der Waals surface area contributed by atoms with E-state index in [1.165, 1.54) is 16.9 Å². The van der Waals surface area contributed by atoms with Crippen LogP contribution in [0.15, 0.2) is 83.9 Å². The molecule has 43 heavy (non-hydrogen) atoms. The van der Waals surface area contributed by atoms with Gasteiger partial charge in [-0.3, -0.25) is 24.4 Å². The normalized spacial score (nSPS) is 16.6. The smallest absolute Gasteiger partial charge is 0.321 e. The largest absolute Gasteiger partial charge is 0.497 e. The zero-order valence-corrected chi connectivity index (χ0v) is 24.9. The molecular formula is C31H35ClN6O5. The fraction of sp³-hybridized carbons (Fsp3) is 0.290. The predicted molar refractivity (Wildman–Crippen MR) is 169 cm³/mol. The van der Waals surface area contributed by atoms with Crippen LogP contribution in [-0.4, -0.2) is 88.2 Å². The number of fused-ring (bicyclic) bond motifs is 1. The molecule has 12 heteroatoms. The van der Waals surface area contributed by atoms with E-state index >= 15 is 0 Å². The lowest BCUT2D eigenvalue weighted by Gasteiger charge is -2.28. The highest BCUT2D eigenvalue weighted by atomic mass is 35.5. The third kappa shape index (κ3) is 7.69. The number of methoxy groups -OCH3 is 1. The van der Waals surface area contributed by atoms with E-state index in [9.17, 15) is 14.4 Å². The predicted octanol–water partition coefficient (Wildman–Crippen LogP) is 3.40. The quantitative estimate of drug-likeness (QED) is 0.406. The fourth-order valence-corrected chi connectivity index (χ4v) is 4.88. The average molecular weight is 607 g/mol. The summed E-state index contributed by atoms with van der Waals surface area (Å²) in [6, 6.07) is 22.9. The number of nitrogens with one attached hydrogen (secondary N) is 2. The number of morpholine rings is 1. The molecule has 2 aliphatic heterocycles. The minimum absolute atomic E-state index is 0. The topological polar surface area (TPSA) is 116 Å². The Hall–Kier alpha value is -4.45. The first-order chi connectivity index (χ1) is 20.4. The molecule has 2 aliphatic rings. The first kappa shape index (κ1) is 31.5. The van der Waals surface area contributed by atoms with Crippen molar-refractivity contribution in [1.82, 2.24) is 10.2 Å². The van der Waals surface area contributed by atoms with Crippen molar-refractivity contribution in [2.24, 2.45) is 4.99 Å². The van der Waals surface area contributed by atoms with Gasteiger partial charge in [-0.25, -0.2) is 4.79 Å². The molecule has 5 rings (SSSR count). The molecular weight excluding hydrogens is 572 g/mol. The van der Waals surface area contributed by atoms with Crippen LogP contribution in [-0.2, 0) is 14.3 Å². The highest BCUT2D eigenvalue weighted by Crippen LogP contribution is 2.27. The molecule has 2 heterocycles. The average Bonchev–Trinajstić information content (AvgIpc) is 3.12. The highest BCUT2D eigenvalue weighted by Gasteiger charge is 2.35. The SMILES string of the molecule is COc1cccc(NC(=O)NC2N=C(CN3CCOCC3)c3ccccc3N(CC(=O)N(C)c3ccccc3)C2=O)c1.Cl. The van der Waals surface area contributed by atoms with Crippen LogP contribution in [0.25, 0.3) is 0 Å². The van der Waals surface area contributed by atoms with Crippen LogP contribution in [0.1, 0.15) is 5.56 Å². The van der Waals surface area contributed by atoms with Crippen molar-refractivity contribution < 1.29 is 23.9 Å². The van der Waals surface area contributed by atoms with Crippen molar-refractivity contribution in [1.29, 1.82) is 0 Å². The fourth-order valence-electron chi connectivity index (χ4n) is 4.88. The first-order valence-electron chi connectivity index (χ1n) is 13.7. The van der Waals surface area contributed by atoms with Crippen LogP contribution in [0.5, 0.6) is 5.75 Å². The summed E-state index contributed by atoms with van der Waals surface area (Å²) in [6.45, 7) is 2.85. The van der Waals surface area contributed by atoms with Crippen LogP contribution in [0, 0.1) is 0 Å². The van der Waals surface area contributed by atoms with E-state index in [0.717, 1.165) is 5.56 Å². The number of halogens is 1. The number of ether oxygens (including phenoxy) is 2. The minimum Gasteiger partial charge on any atom is -0.497 e. The summed E-state index contributed by atoms with van der Waals surface area (Å²) < 4.78 is 10.7. The van der Waals surface area contributed by atoms with Crippen molar-refractivity contribution in [3.8, 4) is 5.75 Å². The lowest BCUT2D eigenvalue weighted by atomic mass is 10.1. The number of carbonyl (C=O) groups excluding carboxylic acids is 3. The van der Waals surface area contributed by atoms with Crippen molar-refractivity contribution >= 4 is 53.0 Å². The van der Waals surface area contributed by atoms with E-state index in [-0.39, 0.29) is 24.9 Å². The number of hydrogen-bond donors (Lipinski definition) is 2. The van der Waals surface area contributed by atoms with Crippen molar-refractivity contribution in [2.45, 2.75) is 6.17 Å². The third-order valence-corrected chi connectivity index (χ3v) is 7.17. The number of anilines is 3. The summed E-state index contributed by atoms with van der Waals surface area (Å²) >= 11 is 0.